The summed E-state index contributed by atoms with van der Waals surface area (Å²) in [5.74, 6) is 2.90. The summed E-state index contributed by atoms with van der Waals surface area (Å²) in [5.41, 5.74) is 0. The number of para-hydroxylation sites is 2. The van der Waals surface area contributed by atoms with Crippen molar-refractivity contribution in [2.45, 2.75) is 6.61 Å². The number of benzene rings is 1. The molecule has 0 spiro atoms. The maximum atomic E-state index is 12.8. The van der Waals surface area contributed by atoms with Crippen LogP contribution >= 0.6 is 11.6 Å². The first-order valence-corrected chi connectivity index (χ1v) is 10.0. The molecule has 0 aliphatic carbocycles. The second-order valence-corrected chi connectivity index (χ2v) is 7.26. The van der Waals surface area contributed by atoms with Crippen LogP contribution in [0.4, 0.5) is 5.82 Å². The normalized spacial score (nSPS) is 13.9. The second-order valence-electron chi connectivity index (χ2n) is 6.82. The highest BCUT2D eigenvalue weighted by Gasteiger charge is 2.25. The van der Waals surface area contributed by atoms with Crippen molar-refractivity contribution >= 4 is 23.3 Å². The van der Waals surface area contributed by atoms with Gasteiger partial charge in [-0.15, -0.1) is 0 Å². The van der Waals surface area contributed by atoms with Crippen molar-refractivity contribution in [1.82, 2.24) is 9.88 Å². The highest BCUT2D eigenvalue weighted by Crippen LogP contribution is 2.27. The highest BCUT2D eigenvalue weighted by atomic mass is 35.5. The minimum atomic E-state index is -0.123. The van der Waals surface area contributed by atoms with Crippen LogP contribution < -0.4 is 14.4 Å². The molecule has 1 amide bonds. The van der Waals surface area contributed by atoms with Gasteiger partial charge in [-0.1, -0.05) is 23.7 Å². The van der Waals surface area contributed by atoms with Gasteiger partial charge in [-0.3, -0.25) is 4.79 Å². The fraction of sp³-hybridized carbons (Fsp3) is 0.273. The van der Waals surface area contributed by atoms with E-state index in [1.54, 1.807) is 30.3 Å². The quantitative estimate of drug-likeness (QED) is 0.594. The second kappa shape index (κ2) is 9.09. The van der Waals surface area contributed by atoms with Crippen LogP contribution in [0.3, 0.4) is 0 Å². The fourth-order valence-corrected chi connectivity index (χ4v) is 3.42. The number of furan rings is 1. The zero-order chi connectivity index (χ0) is 20.9. The Hall–Kier alpha value is -3.19. The Kier molecular flexibility index (Phi) is 6.09. The number of hydrogen-bond acceptors (Lipinski definition) is 6. The third-order valence-electron chi connectivity index (χ3n) is 4.91. The molecule has 8 heteroatoms. The number of anilines is 1. The van der Waals surface area contributed by atoms with Crippen molar-refractivity contribution in [3.05, 3.63) is 71.3 Å². The van der Waals surface area contributed by atoms with Gasteiger partial charge in [0.15, 0.2) is 17.3 Å². The van der Waals surface area contributed by atoms with Gasteiger partial charge in [0.25, 0.3) is 5.91 Å². The van der Waals surface area contributed by atoms with E-state index in [1.807, 2.05) is 36.4 Å². The van der Waals surface area contributed by atoms with Gasteiger partial charge in [-0.2, -0.15) is 0 Å². The SMILES string of the molecule is COc1ccccc1OCc1ccc(C(=O)N2CCN(c3ccc(Cl)cn3)CC2)o1. The Bertz CT molecular complexity index is 998. The van der Waals surface area contributed by atoms with Crippen molar-refractivity contribution in [3.63, 3.8) is 0 Å². The highest BCUT2D eigenvalue weighted by molar-refractivity contribution is 6.30. The molecule has 0 saturated carbocycles. The molecule has 30 heavy (non-hydrogen) atoms. The van der Waals surface area contributed by atoms with Gasteiger partial charge < -0.3 is 23.7 Å². The van der Waals surface area contributed by atoms with E-state index in [1.165, 1.54) is 0 Å². The van der Waals surface area contributed by atoms with Gasteiger partial charge in [-0.25, -0.2) is 4.98 Å². The third kappa shape index (κ3) is 4.52. The number of carbonyl (C=O) groups is 1. The number of hydrogen-bond donors (Lipinski definition) is 0. The Morgan fingerprint density at radius 1 is 1.07 bits per heavy atom. The van der Waals surface area contributed by atoms with E-state index in [0.717, 1.165) is 5.82 Å². The smallest absolute Gasteiger partial charge is 0.289 e. The standard InChI is InChI=1S/C22H22ClN3O4/c1-28-18-4-2-3-5-19(18)29-15-17-7-8-20(30-17)22(27)26-12-10-25(11-13-26)21-9-6-16(23)14-24-21/h2-9,14H,10-13,15H2,1H3. The molecule has 1 saturated heterocycles. The lowest BCUT2D eigenvalue weighted by atomic mass is 10.2. The van der Waals surface area contributed by atoms with Crippen molar-refractivity contribution in [2.75, 3.05) is 38.2 Å². The number of ether oxygens (including phenoxy) is 2. The summed E-state index contributed by atoms with van der Waals surface area (Å²) < 4.78 is 16.7. The summed E-state index contributed by atoms with van der Waals surface area (Å²) in [4.78, 5) is 21.1. The van der Waals surface area contributed by atoms with Crippen LogP contribution in [0.15, 0.2) is 59.1 Å². The van der Waals surface area contributed by atoms with Crippen LogP contribution in [0.1, 0.15) is 16.3 Å². The fourth-order valence-electron chi connectivity index (χ4n) is 3.31. The van der Waals surface area contributed by atoms with E-state index in [4.69, 9.17) is 25.5 Å². The average molecular weight is 428 g/mol. The van der Waals surface area contributed by atoms with Crippen molar-refractivity contribution in [1.29, 1.82) is 0 Å². The summed E-state index contributed by atoms with van der Waals surface area (Å²) in [6, 6.07) is 14.5. The number of amides is 1. The Balaban J connectivity index is 1.32. The van der Waals surface area contributed by atoms with Gasteiger partial charge in [0, 0.05) is 32.4 Å². The first-order chi connectivity index (χ1) is 14.6. The maximum Gasteiger partial charge on any atom is 0.289 e. The number of pyridine rings is 1. The minimum absolute atomic E-state index is 0.123. The molecule has 0 atom stereocenters. The van der Waals surface area contributed by atoms with Crippen LogP contribution in [0.2, 0.25) is 5.02 Å². The monoisotopic (exact) mass is 427 g/mol. The molecular formula is C22H22ClN3O4. The lowest BCUT2D eigenvalue weighted by Crippen LogP contribution is -2.49. The van der Waals surface area contributed by atoms with E-state index in [0.29, 0.717) is 54.2 Å². The number of rotatable bonds is 6. The van der Waals surface area contributed by atoms with Gasteiger partial charge in [-0.05, 0) is 36.4 Å². The molecule has 1 aliphatic heterocycles. The summed E-state index contributed by atoms with van der Waals surface area (Å²) >= 11 is 5.90. The van der Waals surface area contributed by atoms with Gasteiger partial charge in [0.05, 0.1) is 12.1 Å². The number of nitrogens with zero attached hydrogens (tertiary/aromatic N) is 3. The molecule has 1 fully saturated rings. The number of piperazine rings is 1. The van der Waals surface area contributed by atoms with Gasteiger partial charge in [0.2, 0.25) is 0 Å². The lowest BCUT2D eigenvalue weighted by molar-refractivity contribution is 0.0710. The van der Waals surface area contributed by atoms with Crippen LogP contribution in [-0.2, 0) is 6.61 Å². The van der Waals surface area contributed by atoms with Crippen molar-refractivity contribution in [2.24, 2.45) is 0 Å². The lowest BCUT2D eigenvalue weighted by Gasteiger charge is -2.35. The van der Waals surface area contributed by atoms with Crippen LogP contribution in [0, 0.1) is 0 Å². The first-order valence-electron chi connectivity index (χ1n) is 9.64. The average Bonchev–Trinajstić information content (AvgIpc) is 3.27. The van der Waals surface area contributed by atoms with E-state index in [-0.39, 0.29) is 12.5 Å². The molecule has 2 aromatic heterocycles. The summed E-state index contributed by atoms with van der Waals surface area (Å²) in [5, 5.41) is 0.607. The molecule has 3 aromatic rings. The van der Waals surface area contributed by atoms with Gasteiger partial charge in [0.1, 0.15) is 18.2 Å². The molecule has 0 radical (unpaired) electrons. The molecule has 0 bridgehead atoms. The Labute approximate surface area is 179 Å². The van der Waals surface area contributed by atoms with Crippen LogP contribution in [0.5, 0.6) is 11.5 Å². The predicted molar refractivity (Wildman–Crippen MR) is 113 cm³/mol. The maximum absolute atomic E-state index is 12.8. The Morgan fingerprint density at radius 3 is 2.53 bits per heavy atom. The molecule has 0 N–H and O–H groups in total. The largest absolute Gasteiger partial charge is 0.493 e. The van der Waals surface area contributed by atoms with Gasteiger partial charge >= 0.3 is 0 Å². The zero-order valence-corrected chi connectivity index (χ0v) is 17.3. The third-order valence-corrected chi connectivity index (χ3v) is 5.14. The molecule has 4 rings (SSSR count). The van der Waals surface area contributed by atoms with Crippen LogP contribution in [0.25, 0.3) is 0 Å². The topological polar surface area (TPSA) is 68.0 Å². The number of carbonyl (C=O) groups excluding carboxylic acids is 1. The van der Waals surface area contributed by atoms with E-state index in [2.05, 4.69) is 9.88 Å². The first kappa shape index (κ1) is 20.1. The zero-order valence-electron chi connectivity index (χ0n) is 16.6. The molecule has 0 unspecified atom stereocenters. The van der Waals surface area contributed by atoms with E-state index < -0.39 is 0 Å². The molecular weight excluding hydrogens is 406 g/mol. The molecule has 156 valence electrons. The number of halogens is 1. The summed E-state index contributed by atoms with van der Waals surface area (Å²) in [7, 11) is 1.59. The van der Waals surface area contributed by atoms with Crippen LogP contribution in [-0.4, -0.2) is 49.1 Å². The predicted octanol–water partition coefficient (Wildman–Crippen LogP) is 3.88. The van der Waals surface area contributed by atoms with Crippen molar-refractivity contribution in [3.8, 4) is 11.5 Å². The van der Waals surface area contributed by atoms with E-state index >= 15 is 0 Å². The molecule has 3 heterocycles. The van der Waals surface area contributed by atoms with Crippen molar-refractivity contribution < 1.29 is 18.7 Å². The summed E-state index contributed by atoms with van der Waals surface area (Å²) in [6.45, 7) is 2.80. The molecule has 7 nitrogen and oxygen atoms in total. The number of methoxy groups -OCH3 is 1. The molecule has 1 aliphatic rings. The summed E-state index contributed by atoms with van der Waals surface area (Å²) in [6.07, 6.45) is 1.63. The number of aromatic nitrogens is 1. The Morgan fingerprint density at radius 2 is 1.83 bits per heavy atom. The van der Waals surface area contributed by atoms with E-state index in [9.17, 15) is 4.79 Å². The molecule has 1 aromatic carbocycles. The minimum Gasteiger partial charge on any atom is -0.493 e.